The first-order valence-electron chi connectivity index (χ1n) is 10.2. The minimum absolute atomic E-state index is 0.774. The monoisotopic (exact) mass is 378 g/mol. The zero-order valence-electron chi connectivity index (χ0n) is 17.1. The van der Waals surface area contributed by atoms with Crippen LogP contribution in [-0.2, 0) is 6.54 Å². The third kappa shape index (κ3) is 4.05. The third-order valence-electron chi connectivity index (χ3n) is 5.88. The smallest absolute Gasteiger partial charge is 0.119 e. The molecule has 1 atom stereocenters. The van der Waals surface area contributed by atoms with E-state index < -0.39 is 0 Å². The Morgan fingerprint density at radius 2 is 2.04 bits per heavy atom. The van der Waals surface area contributed by atoms with Gasteiger partial charge >= 0.3 is 0 Å². The number of nitrogens with zero attached hydrogens (tertiary/aromatic N) is 3. The summed E-state index contributed by atoms with van der Waals surface area (Å²) in [4.78, 5) is 4.98. The van der Waals surface area contributed by atoms with Gasteiger partial charge in [0.2, 0.25) is 0 Å². The summed E-state index contributed by atoms with van der Waals surface area (Å²) in [6.45, 7) is 7.94. The van der Waals surface area contributed by atoms with Crippen molar-refractivity contribution in [3.8, 4) is 17.0 Å². The number of aromatic nitrogens is 2. The predicted octanol–water partition coefficient (Wildman–Crippen LogP) is 4.01. The van der Waals surface area contributed by atoms with Crippen LogP contribution in [0.25, 0.3) is 22.0 Å². The third-order valence-corrected chi connectivity index (χ3v) is 5.88. The van der Waals surface area contributed by atoms with Gasteiger partial charge in [-0.3, -0.25) is 5.10 Å². The summed E-state index contributed by atoms with van der Waals surface area (Å²) in [6.07, 6.45) is 3.28. The number of rotatable bonds is 7. The zero-order chi connectivity index (χ0) is 19.5. The quantitative estimate of drug-likeness (QED) is 0.675. The fourth-order valence-corrected chi connectivity index (χ4v) is 4.33. The molecule has 1 aliphatic rings. The van der Waals surface area contributed by atoms with Gasteiger partial charge in [-0.25, -0.2) is 0 Å². The summed E-state index contributed by atoms with van der Waals surface area (Å²) in [5.74, 6) is 1.66. The van der Waals surface area contributed by atoms with E-state index in [1.165, 1.54) is 48.0 Å². The van der Waals surface area contributed by atoms with Crippen LogP contribution in [0, 0.1) is 5.92 Å². The second-order valence-electron chi connectivity index (χ2n) is 7.94. The van der Waals surface area contributed by atoms with Gasteiger partial charge in [0.1, 0.15) is 5.75 Å². The molecule has 148 valence electrons. The maximum Gasteiger partial charge on any atom is 0.119 e. The summed E-state index contributed by atoms with van der Waals surface area (Å²) < 4.78 is 5.33. The van der Waals surface area contributed by atoms with Crippen LogP contribution in [0.4, 0.5) is 0 Å². The van der Waals surface area contributed by atoms with Crippen molar-refractivity contribution in [1.29, 1.82) is 0 Å². The van der Waals surface area contributed by atoms with E-state index in [4.69, 9.17) is 4.74 Å². The first-order valence-corrected chi connectivity index (χ1v) is 10.2. The van der Waals surface area contributed by atoms with E-state index in [-0.39, 0.29) is 0 Å². The summed E-state index contributed by atoms with van der Waals surface area (Å²) >= 11 is 0. The van der Waals surface area contributed by atoms with E-state index in [9.17, 15) is 0 Å². The van der Waals surface area contributed by atoms with Crippen molar-refractivity contribution >= 4 is 10.8 Å². The molecule has 1 aliphatic heterocycles. The minimum atomic E-state index is 0.774. The van der Waals surface area contributed by atoms with Crippen molar-refractivity contribution < 1.29 is 4.74 Å². The molecule has 0 bridgehead atoms. The van der Waals surface area contributed by atoms with Crippen LogP contribution in [0.15, 0.2) is 42.6 Å². The van der Waals surface area contributed by atoms with Gasteiger partial charge in [0.15, 0.2) is 0 Å². The minimum Gasteiger partial charge on any atom is -0.497 e. The van der Waals surface area contributed by atoms with E-state index in [0.29, 0.717) is 0 Å². The summed E-state index contributed by atoms with van der Waals surface area (Å²) in [5.41, 5.74) is 3.54. The molecule has 0 saturated carbocycles. The van der Waals surface area contributed by atoms with Crippen LogP contribution in [0.2, 0.25) is 0 Å². The number of methoxy groups -OCH3 is 1. The fraction of sp³-hybridized carbons (Fsp3) is 0.435. The maximum atomic E-state index is 5.33. The van der Waals surface area contributed by atoms with Crippen LogP contribution in [0.5, 0.6) is 5.75 Å². The Balaban J connectivity index is 1.48. The number of nitrogens with one attached hydrogen (secondary N) is 1. The normalized spacial score (nSPS) is 17.6. The van der Waals surface area contributed by atoms with Crippen molar-refractivity contribution in [2.45, 2.75) is 19.9 Å². The summed E-state index contributed by atoms with van der Waals surface area (Å²) in [5, 5.41) is 9.94. The van der Waals surface area contributed by atoms with Crippen LogP contribution >= 0.6 is 0 Å². The van der Waals surface area contributed by atoms with Crippen LogP contribution in [0.1, 0.15) is 18.9 Å². The summed E-state index contributed by atoms with van der Waals surface area (Å²) in [6, 6.07) is 12.7. The second kappa shape index (κ2) is 8.33. The Labute approximate surface area is 167 Å². The van der Waals surface area contributed by atoms with Gasteiger partial charge in [-0.1, -0.05) is 25.1 Å². The van der Waals surface area contributed by atoms with E-state index in [0.717, 1.165) is 30.5 Å². The van der Waals surface area contributed by atoms with Crippen molar-refractivity contribution in [2.24, 2.45) is 5.92 Å². The molecule has 2 aromatic carbocycles. The Kier molecular flexibility index (Phi) is 5.64. The van der Waals surface area contributed by atoms with E-state index in [1.807, 2.05) is 12.3 Å². The lowest BCUT2D eigenvalue weighted by atomic mass is 10.0. The largest absolute Gasteiger partial charge is 0.497 e. The number of benzene rings is 2. The van der Waals surface area contributed by atoms with Crippen LogP contribution < -0.4 is 4.74 Å². The molecule has 3 aromatic rings. The molecule has 0 amide bonds. The van der Waals surface area contributed by atoms with Gasteiger partial charge in [0, 0.05) is 30.8 Å². The predicted molar refractivity (Wildman–Crippen MR) is 115 cm³/mol. The van der Waals surface area contributed by atoms with E-state index >= 15 is 0 Å². The lowest BCUT2D eigenvalue weighted by molar-refractivity contribution is 0.261. The molecule has 1 fully saturated rings. The second-order valence-corrected chi connectivity index (χ2v) is 7.94. The highest BCUT2D eigenvalue weighted by Crippen LogP contribution is 2.28. The van der Waals surface area contributed by atoms with Gasteiger partial charge < -0.3 is 14.5 Å². The summed E-state index contributed by atoms with van der Waals surface area (Å²) in [7, 11) is 3.92. The van der Waals surface area contributed by atoms with Crippen molar-refractivity contribution in [3.05, 3.63) is 48.2 Å². The van der Waals surface area contributed by atoms with Gasteiger partial charge in [-0.05, 0) is 61.4 Å². The molecule has 2 heterocycles. The van der Waals surface area contributed by atoms with Crippen molar-refractivity contribution in [3.63, 3.8) is 0 Å². The topological polar surface area (TPSA) is 44.4 Å². The number of H-pyrrole nitrogens is 1. The number of aromatic amines is 1. The molecule has 0 radical (unpaired) electrons. The molecule has 28 heavy (non-hydrogen) atoms. The lowest BCUT2D eigenvalue weighted by Crippen LogP contribution is -2.28. The Hall–Kier alpha value is -2.37. The highest BCUT2D eigenvalue weighted by atomic mass is 16.5. The van der Waals surface area contributed by atoms with Crippen LogP contribution in [-0.4, -0.2) is 60.3 Å². The van der Waals surface area contributed by atoms with E-state index in [2.05, 4.69) is 64.3 Å². The number of likely N-dealkylation sites (tertiary alicyclic amines) is 1. The highest BCUT2D eigenvalue weighted by molar-refractivity contribution is 5.88. The molecule has 5 nitrogen and oxygen atoms in total. The molecule has 0 spiro atoms. The zero-order valence-corrected chi connectivity index (χ0v) is 17.1. The first-order chi connectivity index (χ1) is 13.7. The molecule has 4 rings (SSSR count). The molecule has 1 unspecified atom stereocenters. The molecule has 5 heteroatoms. The number of fused-ring (bicyclic) bond motifs is 1. The Morgan fingerprint density at radius 3 is 2.82 bits per heavy atom. The van der Waals surface area contributed by atoms with Gasteiger partial charge in [-0.15, -0.1) is 0 Å². The number of hydrogen-bond donors (Lipinski definition) is 1. The lowest BCUT2D eigenvalue weighted by Gasteiger charge is -2.21. The Bertz CT molecular complexity index is 935. The maximum absolute atomic E-state index is 5.33. The number of ether oxygens (including phenoxy) is 1. The van der Waals surface area contributed by atoms with Gasteiger partial charge in [-0.2, -0.15) is 5.10 Å². The number of hydrogen-bond acceptors (Lipinski definition) is 4. The van der Waals surface area contributed by atoms with Crippen molar-refractivity contribution in [2.75, 3.05) is 40.3 Å². The molecule has 1 N–H and O–H groups in total. The van der Waals surface area contributed by atoms with Gasteiger partial charge in [0.25, 0.3) is 0 Å². The first kappa shape index (κ1) is 19.0. The molecular formula is C23H30N4O. The van der Waals surface area contributed by atoms with E-state index in [1.54, 1.807) is 7.11 Å². The highest BCUT2D eigenvalue weighted by Gasteiger charge is 2.22. The molecule has 1 aromatic heterocycles. The van der Waals surface area contributed by atoms with Crippen molar-refractivity contribution in [1.82, 2.24) is 20.0 Å². The van der Waals surface area contributed by atoms with Gasteiger partial charge in [0.05, 0.1) is 19.0 Å². The molecule has 1 saturated heterocycles. The average molecular weight is 379 g/mol. The Morgan fingerprint density at radius 1 is 1.21 bits per heavy atom. The fourth-order valence-electron chi connectivity index (χ4n) is 4.33. The molecule has 0 aliphatic carbocycles. The average Bonchev–Trinajstić information content (AvgIpc) is 3.36. The van der Waals surface area contributed by atoms with Crippen LogP contribution in [0.3, 0.4) is 0 Å². The SMILES string of the molecule is CCN1CCC(CN(C)Cc2cn[nH]c2-c2ccc3cc(OC)ccc3c2)C1. The molecular weight excluding hydrogens is 348 g/mol. The standard InChI is InChI=1S/C23H30N4O/c1-4-27-10-9-17(15-27)14-26(2)16-21-13-24-25-23(21)20-6-5-19-12-22(28-3)8-7-18(19)11-20/h5-8,11-13,17H,4,9-10,14-16H2,1-3H3,(H,24,25).